The highest BCUT2D eigenvalue weighted by atomic mass is 16.5. The molecule has 1 aromatic carbocycles. The lowest BCUT2D eigenvalue weighted by atomic mass is 9.69. The summed E-state index contributed by atoms with van der Waals surface area (Å²) in [6.07, 6.45) is 8.18. The van der Waals surface area contributed by atoms with Crippen LogP contribution in [0.2, 0.25) is 0 Å². The summed E-state index contributed by atoms with van der Waals surface area (Å²) in [6, 6.07) is 4.38. The van der Waals surface area contributed by atoms with Crippen LogP contribution in [0.1, 0.15) is 49.3 Å². The maximum absolute atomic E-state index is 5.57. The number of rotatable bonds is 1. The number of methoxy groups -OCH3 is 1. The molecule has 0 amide bonds. The highest BCUT2D eigenvalue weighted by Gasteiger charge is 2.41. The molecule has 0 aliphatic heterocycles. The molecule has 3 rings (SSSR count). The summed E-state index contributed by atoms with van der Waals surface area (Å²) in [6.45, 7) is 4.66. The smallest absolute Gasteiger partial charge is 0.122 e. The van der Waals surface area contributed by atoms with Crippen LogP contribution in [0.3, 0.4) is 0 Å². The van der Waals surface area contributed by atoms with Crippen molar-refractivity contribution in [1.29, 1.82) is 0 Å². The standard InChI is InChI=1S/C17H24O/c1-12-6-8-17(9-7-12)10-14-13(2)4-5-16(18-3)15(14)11-17/h4-5,12H,6-11H2,1-3H3. The Kier molecular flexibility index (Phi) is 2.88. The molecule has 98 valence electrons. The van der Waals surface area contributed by atoms with Crippen LogP contribution >= 0.6 is 0 Å². The lowest BCUT2D eigenvalue weighted by Gasteiger charge is -2.36. The number of hydrogen-bond acceptors (Lipinski definition) is 1. The van der Waals surface area contributed by atoms with Crippen molar-refractivity contribution in [3.8, 4) is 5.75 Å². The molecule has 1 nitrogen and oxygen atoms in total. The number of ether oxygens (including phenoxy) is 1. The van der Waals surface area contributed by atoms with Crippen LogP contribution < -0.4 is 4.74 Å². The Labute approximate surface area is 111 Å². The third kappa shape index (κ3) is 1.84. The van der Waals surface area contributed by atoms with Gasteiger partial charge in [-0.2, -0.15) is 0 Å². The molecular weight excluding hydrogens is 220 g/mol. The molecule has 1 fully saturated rings. The summed E-state index contributed by atoms with van der Waals surface area (Å²) in [4.78, 5) is 0. The SMILES string of the molecule is COc1ccc(C)c2c1CC1(CCC(C)CC1)C2. The van der Waals surface area contributed by atoms with Gasteiger partial charge in [-0.3, -0.25) is 0 Å². The minimum absolute atomic E-state index is 0.564. The molecule has 0 radical (unpaired) electrons. The van der Waals surface area contributed by atoms with Crippen LogP contribution in [0.4, 0.5) is 0 Å². The van der Waals surface area contributed by atoms with Crippen LogP contribution in [-0.2, 0) is 12.8 Å². The number of aryl methyl sites for hydroxylation is 1. The molecule has 1 spiro atoms. The van der Waals surface area contributed by atoms with Gasteiger partial charge in [0.2, 0.25) is 0 Å². The number of fused-ring (bicyclic) bond motifs is 1. The molecule has 1 saturated carbocycles. The summed E-state index contributed by atoms with van der Waals surface area (Å²) in [5.41, 5.74) is 5.12. The minimum atomic E-state index is 0.564. The molecule has 0 atom stereocenters. The zero-order valence-corrected chi connectivity index (χ0v) is 11.9. The zero-order chi connectivity index (χ0) is 12.8. The van der Waals surface area contributed by atoms with Crippen LogP contribution in [0.25, 0.3) is 0 Å². The summed E-state index contributed by atoms with van der Waals surface area (Å²) in [5.74, 6) is 2.05. The van der Waals surface area contributed by atoms with Crippen LogP contribution in [0.15, 0.2) is 12.1 Å². The second-order valence-corrected chi connectivity index (χ2v) is 6.58. The maximum atomic E-state index is 5.57. The Morgan fingerprint density at radius 2 is 1.78 bits per heavy atom. The Morgan fingerprint density at radius 1 is 1.11 bits per heavy atom. The van der Waals surface area contributed by atoms with E-state index in [0.717, 1.165) is 11.7 Å². The van der Waals surface area contributed by atoms with Crippen molar-refractivity contribution >= 4 is 0 Å². The molecule has 0 heterocycles. The molecule has 0 bridgehead atoms. The van der Waals surface area contributed by atoms with E-state index in [0.29, 0.717) is 5.41 Å². The summed E-state index contributed by atoms with van der Waals surface area (Å²) in [7, 11) is 1.80. The molecule has 0 aromatic heterocycles. The van der Waals surface area contributed by atoms with Crippen molar-refractivity contribution in [2.75, 3.05) is 7.11 Å². The summed E-state index contributed by atoms with van der Waals surface area (Å²) in [5, 5.41) is 0. The molecule has 0 unspecified atom stereocenters. The second kappa shape index (κ2) is 4.29. The number of benzene rings is 1. The van der Waals surface area contributed by atoms with E-state index in [1.165, 1.54) is 49.7 Å². The van der Waals surface area contributed by atoms with Gasteiger partial charge in [0.05, 0.1) is 7.11 Å². The van der Waals surface area contributed by atoms with Gasteiger partial charge in [0.1, 0.15) is 5.75 Å². The average Bonchev–Trinajstić information content (AvgIpc) is 2.75. The zero-order valence-electron chi connectivity index (χ0n) is 11.9. The Balaban J connectivity index is 1.93. The van der Waals surface area contributed by atoms with Gasteiger partial charge in [0, 0.05) is 0 Å². The van der Waals surface area contributed by atoms with Crippen molar-refractivity contribution in [1.82, 2.24) is 0 Å². The normalized spacial score (nSPS) is 30.5. The molecule has 2 aliphatic rings. The Bertz CT molecular complexity index is 453. The van der Waals surface area contributed by atoms with Crippen molar-refractivity contribution in [2.24, 2.45) is 11.3 Å². The summed E-state index contributed by atoms with van der Waals surface area (Å²) >= 11 is 0. The third-order valence-electron chi connectivity index (χ3n) is 5.28. The predicted molar refractivity (Wildman–Crippen MR) is 75.2 cm³/mol. The quantitative estimate of drug-likeness (QED) is 0.715. The van der Waals surface area contributed by atoms with Gasteiger partial charge in [-0.1, -0.05) is 25.8 Å². The molecule has 2 aliphatic carbocycles. The molecular formula is C17H24O. The fourth-order valence-corrected chi connectivity index (χ4v) is 3.96. The Hall–Kier alpha value is -0.980. The number of hydrogen-bond donors (Lipinski definition) is 0. The first kappa shape index (κ1) is 12.1. The first-order chi connectivity index (χ1) is 8.63. The van der Waals surface area contributed by atoms with Crippen LogP contribution in [-0.4, -0.2) is 7.11 Å². The lowest BCUT2D eigenvalue weighted by Crippen LogP contribution is -2.27. The van der Waals surface area contributed by atoms with Crippen molar-refractivity contribution in [3.63, 3.8) is 0 Å². The monoisotopic (exact) mass is 244 g/mol. The second-order valence-electron chi connectivity index (χ2n) is 6.58. The first-order valence-electron chi connectivity index (χ1n) is 7.29. The fourth-order valence-electron chi connectivity index (χ4n) is 3.96. The first-order valence-corrected chi connectivity index (χ1v) is 7.29. The van der Waals surface area contributed by atoms with Gasteiger partial charge in [0.25, 0.3) is 0 Å². The fraction of sp³-hybridized carbons (Fsp3) is 0.647. The maximum Gasteiger partial charge on any atom is 0.122 e. The molecule has 1 aromatic rings. The van der Waals surface area contributed by atoms with Crippen molar-refractivity contribution < 1.29 is 4.74 Å². The largest absolute Gasteiger partial charge is 0.496 e. The van der Waals surface area contributed by atoms with Gasteiger partial charge in [0.15, 0.2) is 0 Å². The van der Waals surface area contributed by atoms with Gasteiger partial charge in [-0.05, 0) is 66.7 Å². The minimum Gasteiger partial charge on any atom is -0.496 e. The highest BCUT2D eigenvalue weighted by Crippen LogP contribution is 2.51. The van der Waals surface area contributed by atoms with Crippen LogP contribution in [0.5, 0.6) is 5.75 Å². The van der Waals surface area contributed by atoms with Gasteiger partial charge >= 0.3 is 0 Å². The topological polar surface area (TPSA) is 9.23 Å². The molecule has 18 heavy (non-hydrogen) atoms. The van der Waals surface area contributed by atoms with Crippen molar-refractivity contribution in [2.45, 2.75) is 52.4 Å². The van der Waals surface area contributed by atoms with Gasteiger partial charge < -0.3 is 4.74 Å². The van der Waals surface area contributed by atoms with Crippen LogP contribution in [0, 0.1) is 18.3 Å². The highest BCUT2D eigenvalue weighted by molar-refractivity contribution is 5.49. The van der Waals surface area contributed by atoms with Gasteiger partial charge in [-0.25, -0.2) is 0 Å². The van der Waals surface area contributed by atoms with E-state index >= 15 is 0 Å². The summed E-state index contributed by atoms with van der Waals surface area (Å²) < 4.78 is 5.57. The predicted octanol–water partition coefficient (Wildman–Crippen LogP) is 4.30. The third-order valence-corrected chi connectivity index (χ3v) is 5.28. The molecule has 0 saturated heterocycles. The molecule has 1 heteroatoms. The van der Waals surface area contributed by atoms with E-state index in [9.17, 15) is 0 Å². The Morgan fingerprint density at radius 3 is 2.44 bits per heavy atom. The van der Waals surface area contributed by atoms with Crippen molar-refractivity contribution in [3.05, 3.63) is 28.8 Å². The van der Waals surface area contributed by atoms with E-state index in [1.54, 1.807) is 12.7 Å². The van der Waals surface area contributed by atoms with Gasteiger partial charge in [-0.15, -0.1) is 0 Å². The van der Waals surface area contributed by atoms with E-state index in [-0.39, 0.29) is 0 Å². The average molecular weight is 244 g/mol. The van der Waals surface area contributed by atoms with E-state index in [1.807, 2.05) is 0 Å². The van der Waals surface area contributed by atoms with E-state index < -0.39 is 0 Å². The van der Waals surface area contributed by atoms with E-state index in [4.69, 9.17) is 4.74 Å². The van der Waals surface area contributed by atoms with E-state index in [2.05, 4.69) is 26.0 Å². The lowest BCUT2D eigenvalue weighted by molar-refractivity contribution is 0.166. The molecule has 0 N–H and O–H groups in total.